The van der Waals surface area contributed by atoms with E-state index < -0.39 is 0 Å². The van der Waals surface area contributed by atoms with Crippen molar-refractivity contribution in [3.05, 3.63) is 53.9 Å². The summed E-state index contributed by atoms with van der Waals surface area (Å²) in [5.74, 6) is 0.890. The molecule has 0 aromatic carbocycles. The summed E-state index contributed by atoms with van der Waals surface area (Å²) in [7, 11) is 0. The molecule has 2 aromatic rings. The van der Waals surface area contributed by atoms with Crippen LogP contribution in [0.3, 0.4) is 0 Å². The molecule has 0 bridgehead atoms. The lowest BCUT2D eigenvalue weighted by atomic mass is 10.1. The summed E-state index contributed by atoms with van der Waals surface area (Å²) < 4.78 is 0. The van der Waals surface area contributed by atoms with Gasteiger partial charge in [-0.1, -0.05) is 13.8 Å². The Labute approximate surface area is 145 Å². The second-order valence-corrected chi connectivity index (χ2v) is 6.49. The lowest BCUT2D eigenvalue weighted by Gasteiger charge is -2.14. The molecule has 24 heavy (non-hydrogen) atoms. The van der Waals surface area contributed by atoms with Gasteiger partial charge < -0.3 is 10.6 Å². The minimum absolute atomic E-state index is 0.415. The fraction of sp³-hybridized carbons (Fsp3) is 0.526. The number of nitrogens with one attached hydrogen (secondary N) is 2. The van der Waals surface area contributed by atoms with Gasteiger partial charge in [0, 0.05) is 62.3 Å². The summed E-state index contributed by atoms with van der Waals surface area (Å²) in [6.07, 6.45) is 8.33. The molecule has 0 amide bonds. The average molecular weight is 327 g/mol. The standard InChI is InChI=1S/C19H29N5/c1-15(2)20-11-6-18-14-17(5-10-22-18)13-16(3)21-12-7-19-23-8-4-9-24-19/h4-5,8-10,14-16,20-21H,6-7,11-13H2,1-3H3. The van der Waals surface area contributed by atoms with Gasteiger partial charge in [0.2, 0.25) is 0 Å². The Morgan fingerprint density at radius 2 is 1.67 bits per heavy atom. The predicted molar refractivity (Wildman–Crippen MR) is 98.0 cm³/mol. The Morgan fingerprint density at radius 1 is 0.917 bits per heavy atom. The molecule has 2 N–H and O–H groups in total. The normalized spacial score (nSPS) is 12.5. The Balaban J connectivity index is 1.73. The van der Waals surface area contributed by atoms with Crippen molar-refractivity contribution in [2.24, 2.45) is 0 Å². The zero-order chi connectivity index (χ0) is 17.2. The highest BCUT2D eigenvalue weighted by Gasteiger charge is 2.05. The van der Waals surface area contributed by atoms with Gasteiger partial charge in [0.1, 0.15) is 5.82 Å². The molecule has 2 aromatic heterocycles. The van der Waals surface area contributed by atoms with Crippen molar-refractivity contribution in [1.29, 1.82) is 0 Å². The topological polar surface area (TPSA) is 62.7 Å². The zero-order valence-corrected chi connectivity index (χ0v) is 15.0. The predicted octanol–water partition coefficient (Wildman–Crippen LogP) is 2.18. The fourth-order valence-electron chi connectivity index (χ4n) is 2.60. The van der Waals surface area contributed by atoms with Gasteiger partial charge in [0.15, 0.2) is 0 Å². The summed E-state index contributed by atoms with van der Waals surface area (Å²) in [6.45, 7) is 8.40. The SMILES string of the molecule is CC(C)NCCc1cc(CC(C)NCCc2ncccn2)ccn1. The van der Waals surface area contributed by atoms with Gasteiger partial charge in [0.25, 0.3) is 0 Å². The van der Waals surface area contributed by atoms with Crippen molar-refractivity contribution in [3.63, 3.8) is 0 Å². The molecule has 0 radical (unpaired) electrons. The first-order valence-corrected chi connectivity index (χ1v) is 8.80. The van der Waals surface area contributed by atoms with E-state index in [1.165, 1.54) is 5.56 Å². The third kappa shape index (κ3) is 7.15. The van der Waals surface area contributed by atoms with E-state index in [0.717, 1.165) is 43.9 Å². The smallest absolute Gasteiger partial charge is 0.129 e. The number of hydrogen-bond acceptors (Lipinski definition) is 5. The van der Waals surface area contributed by atoms with Crippen LogP contribution in [-0.4, -0.2) is 40.1 Å². The van der Waals surface area contributed by atoms with Gasteiger partial charge in [-0.2, -0.15) is 0 Å². The van der Waals surface area contributed by atoms with Crippen LogP contribution in [0.25, 0.3) is 0 Å². The summed E-state index contributed by atoms with van der Waals surface area (Å²) in [6, 6.07) is 7.11. The quantitative estimate of drug-likeness (QED) is 0.700. The Kier molecular flexibility index (Phi) is 7.79. The van der Waals surface area contributed by atoms with Gasteiger partial charge in [-0.05, 0) is 37.1 Å². The maximum absolute atomic E-state index is 4.47. The van der Waals surface area contributed by atoms with E-state index in [9.17, 15) is 0 Å². The number of aromatic nitrogens is 3. The van der Waals surface area contributed by atoms with E-state index in [4.69, 9.17) is 0 Å². The first-order chi connectivity index (χ1) is 11.6. The Bertz CT molecular complexity index is 585. The highest BCUT2D eigenvalue weighted by molar-refractivity contribution is 5.17. The molecule has 130 valence electrons. The molecule has 0 spiro atoms. The molecule has 1 atom stereocenters. The fourth-order valence-corrected chi connectivity index (χ4v) is 2.60. The van der Waals surface area contributed by atoms with Crippen molar-refractivity contribution in [3.8, 4) is 0 Å². The molecule has 5 nitrogen and oxygen atoms in total. The van der Waals surface area contributed by atoms with Crippen molar-refractivity contribution < 1.29 is 0 Å². The average Bonchev–Trinajstić information content (AvgIpc) is 2.56. The van der Waals surface area contributed by atoms with Crippen LogP contribution in [0.1, 0.15) is 37.9 Å². The molecule has 2 heterocycles. The number of pyridine rings is 1. The third-order valence-electron chi connectivity index (χ3n) is 3.82. The van der Waals surface area contributed by atoms with Crippen LogP contribution in [-0.2, 0) is 19.3 Å². The minimum atomic E-state index is 0.415. The van der Waals surface area contributed by atoms with Gasteiger partial charge in [-0.15, -0.1) is 0 Å². The summed E-state index contributed by atoms with van der Waals surface area (Å²) >= 11 is 0. The van der Waals surface area contributed by atoms with Crippen LogP contribution in [0.5, 0.6) is 0 Å². The largest absolute Gasteiger partial charge is 0.314 e. The van der Waals surface area contributed by atoms with E-state index in [2.05, 4.69) is 58.5 Å². The van der Waals surface area contributed by atoms with Crippen LogP contribution in [0.4, 0.5) is 0 Å². The number of nitrogens with zero attached hydrogens (tertiary/aromatic N) is 3. The molecule has 0 saturated carbocycles. The second kappa shape index (κ2) is 10.1. The van der Waals surface area contributed by atoms with Gasteiger partial charge in [-0.3, -0.25) is 4.98 Å². The first kappa shape index (κ1) is 18.5. The van der Waals surface area contributed by atoms with Crippen LogP contribution in [0.2, 0.25) is 0 Å². The van der Waals surface area contributed by atoms with Crippen LogP contribution in [0, 0.1) is 0 Å². The molecule has 0 aliphatic carbocycles. The zero-order valence-electron chi connectivity index (χ0n) is 15.0. The van der Waals surface area contributed by atoms with Gasteiger partial charge in [0.05, 0.1) is 0 Å². The molecule has 2 rings (SSSR count). The van der Waals surface area contributed by atoms with Crippen molar-refractivity contribution in [2.75, 3.05) is 13.1 Å². The lowest BCUT2D eigenvalue weighted by Crippen LogP contribution is -2.30. The van der Waals surface area contributed by atoms with E-state index in [1.54, 1.807) is 12.4 Å². The number of rotatable bonds is 10. The second-order valence-electron chi connectivity index (χ2n) is 6.49. The van der Waals surface area contributed by atoms with E-state index in [-0.39, 0.29) is 0 Å². The van der Waals surface area contributed by atoms with E-state index in [0.29, 0.717) is 12.1 Å². The monoisotopic (exact) mass is 327 g/mol. The molecule has 0 saturated heterocycles. The molecular weight excluding hydrogens is 298 g/mol. The maximum atomic E-state index is 4.47. The molecule has 5 heteroatoms. The molecule has 1 unspecified atom stereocenters. The van der Waals surface area contributed by atoms with E-state index in [1.807, 2.05) is 12.3 Å². The van der Waals surface area contributed by atoms with Crippen molar-refractivity contribution >= 4 is 0 Å². The lowest BCUT2D eigenvalue weighted by molar-refractivity contribution is 0.542. The van der Waals surface area contributed by atoms with Crippen LogP contribution >= 0.6 is 0 Å². The highest BCUT2D eigenvalue weighted by atomic mass is 14.9. The molecular formula is C19H29N5. The number of hydrogen-bond donors (Lipinski definition) is 2. The molecule has 0 fully saturated rings. The summed E-state index contributed by atoms with van der Waals surface area (Å²) in [5, 5.41) is 6.98. The maximum Gasteiger partial charge on any atom is 0.129 e. The van der Waals surface area contributed by atoms with Crippen LogP contribution in [0.15, 0.2) is 36.8 Å². The van der Waals surface area contributed by atoms with Gasteiger partial charge >= 0.3 is 0 Å². The minimum Gasteiger partial charge on any atom is -0.314 e. The Hall–Kier alpha value is -1.85. The first-order valence-electron chi connectivity index (χ1n) is 8.80. The third-order valence-corrected chi connectivity index (χ3v) is 3.82. The van der Waals surface area contributed by atoms with Crippen molar-refractivity contribution in [2.45, 2.75) is 52.1 Å². The highest BCUT2D eigenvalue weighted by Crippen LogP contribution is 2.06. The Morgan fingerprint density at radius 3 is 2.42 bits per heavy atom. The molecule has 0 aliphatic heterocycles. The van der Waals surface area contributed by atoms with E-state index >= 15 is 0 Å². The van der Waals surface area contributed by atoms with Crippen molar-refractivity contribution in [1.82, 2.24) is 25.6 Å². The van der Waals surface area contributed by atoms with Gasteiger partial charge in [-0.25, -0.2) is 9.97 Å². The van der Waals surface area contributed by atoms with Crippen LogP contribution < -0.4 is 10.6 Å². The summed E-state index contributed by atoms with van der Waals surface area (Å²) in [4.78, 5) is 13.0. The molecule has 0 aliphatic rings. The summed E-state index contributed by atoms with van der Waals surface area (Å²) in [5.41, 5.74) is 2.49.